The number of methoxy groups -OCH3 is 1. The quantitative estimate of drug-likeness (QED) is 0.293. The van der Waals surface area contributed by atoms with Crippen LogP contribution in [0.25, 0.3) is 32.2 Å². The lowest BCUT2D eigenvalue weighted by Gasteiger charge is -2.35. The van der Waals surface area contributed by atoms with E-state index in [0.717, 1.165) is 64.9 Å². The SMILES string of the molecule is COCCN1CCN(c2cc(C(=O)Nc3ccccc3-c3nc4ccncc4s3)nc(-c3ccccc3)n2)CC1. The number of hydrogen-bond acceptors (Lipinski definition) is 9. The fourth-order valence-electron chi connectivity index (χ4n) is 4.71. The van der Waals surface area contributed by atoms with Crippen molar-refractivity contribution in [2.24, 2.45) is 0 Å². The fraction of sp³-hybridized carbons (Fsp3) is 0.233. The maximum absolute atomic E-state index is 13.7. The molecule has 0 saturated carbocycles. The van der Waals surface area contributed by atoms with E-state index < -0.39 is 0 Å². The summed E-state index contributed by atoms with van der Waals surface area (Å²) < 4.78 is 6.23. The lowest BCUT2D eigenvalue weighted by molar-refractivity contribution is 0.102. The molecule has 10 heteroatoms. The molecule has 6 rings (SSSR count). The number of thiazole rings is 1. The maximum atomic E-state index is 13.7. The van der Waals surface area contributed by atoms with Crippen molar-refractivity contribution in [2.45, 2.75) is 0 Å². The first kappa shape index (κ1) is 26.0. The molecule has 9 nitrogen and oxygen atoms in total. The molecular formula is C30H29N7O2S. The van der Waals surface area contributed by atoms with E-state index in [1.54, 1.807) is 30.7 Å². The number of pyridine rings is 1. The van der Waals surface area contributed by atoms with Crippen LogP contribution in [0.2, 0.25) is 0 Å². The highest BCUT2D eigenvalue weighted by Gasteiger charge is 2.22. The van der Waals surface area contributed by atoms with Crippen molar-refractivity contribution in [3.05, 3.63) is 84.8 Å². The average molecular weight is 552 g/mol. The van der Waals surface area contributed by atoms with Crippen LogP contribution in [0.1, 0.15) is 10.5 Å². The molecule has 0 unspecified atom stereocenters. The van der Waals surface area contributed by atoms with E-state index in [-0.39, 0.29) is 5.91 Å². The van der Waals surface area contributed by atoms with E-state index in [0.29, 0.717) is 23.8 Å². The van der Waals surface area contributed by atoms with Gasteiger partial charge in [0, 0.05) is 69.4 Å². The highest BCUT2D eigenvalue weighted by atomic mass is 32.1. The molecule has 0 atom stereocenters. The molecule has 1 N–H and O–H groups in total. The third kappa shape index (κ3) is 5.69. The number of nitrogens with one attached hydrogen (secondary N) is 1. The Morgan fingerprint density at radius 3 is 2.58 bits per heavy atom. The number of anilines is 2. The number of piperazine rings is 1. The first-order valence-electron chi connectivity index (χ1n) is 13.2. The number of para-hydroxylation sites is 1. The Morgan fingerprint density at radius 1 is 0.975 bits per heavy atom. The van der Waals surface area contributed by atoms with Gasteiger partial charge in [0.25, 0.3) is 5.91 Å². The van der Waals surface area contributed by atoms with Crippen molar-refractivity contribution in [2.75, 3.05) is 56.7 Å². The van der Waals surface area contributed by atoms with Gasteiger partial charge < -0.3 is 15.0 Å². The number of aromatic nitrogens is 4. The van der Waals surface area contributed by atoms with Crippen molar-refractivity contribution < 1.29 is 9.53 Å². The lowest BCUT2D eigenvalue weighted by Crippen LogP contribution is -2.47. The van der Waals surface area contributed by atoms with E-state index in [4.69, 9.17) is 14.7 Å². The van der Waals surface area contributed by atoms with Gasteiger partial charge in [0.05, 0.1) is 22.5 Å². The molecule has 0 bridgehead atoms. The maximum Gasteiger partial charge on any atom is 0.274 e. The second kappa shape index (κ2) is 11.9. The second-order valence-corrected chi connectivity index (χ2v) is 10.5. The number of carbonyl (C=O) groups is 1. The molecule has 40 heavy (non-hydrogen) atoms. The van der Waals surface area contributed by atoms with Crippen LogP contribution >= 0.6 is 11.3 Å². The molecule has 1 fully saturated rings. The number of rotatable bonds is 8. The Balaban J connectivity index is 1.30. The monoisotopic (exact) mass is 551 g/mol. The van der Waals surface area contributed by atoms with Crippen molar-refractivity contribution in [1.82, 2.24) is 24.8 Å². The van der Waals surface area contributed by atoms with Crippen LogP contribution in [0.4, 0.5) is 11.5 Å². The Labute approximate surface area is 236 Å². The third-order valence-electron chi connectivity index (χ3n) is 6.88. The summed E-state index contributed by atoms with van der Waals surface area (Å²) in [5.74, 6) is 0.976. The highest BCUT2D eigenvalue weighted by Crippen LogP contribution is 2.34. The van der Waals surface area contributed by atoms with Gasteiger partial charge in [-0.05, 0) is 18.2 Å². The first-order valence-corrected chi connectivity index (χ1v) is 14.0. The zero-order chi connectivity index (χ0) is 27.3. The zero-order valence-corrected chi connectivity index (χ0v) is 23.0. The van der Waals surface area contributed by atoms with Crippen LogP contribution in [0, 0.1) is 0 Å². The summed E-state index contributed by atoms with van der Waals surface area (Å²) in [6.45, 7) is 5.05. The van der Waals surface area contributed by atoms with E-state index in [2.05, 4.69) is 25.1 Å². The Morgan fingerprint density at radius 2 is 1.77 bits per heavy atom. The van der Waals surface area contributed by atoms with Crippen molar-refractivity contribution in [3.63, 3.8) is 0 Å². The largest absolute Gasteiger partial charge is 0.383 e. The van der Waals surface area contributed by atoms with Crippen LogP contribution in [0.5, 0.6) is 0 Å². The molecule has 0 aliphatic carbocycles. The van der Waals surface area contributed by atoms with Gasteiger partial charge in [-0.2, -0.15) is 0 Å². The standard InChI is InChI=1S/C30H29N7O2S/c1-39-18-17-36-13-15-37(16-14-36)27-19-25(32-28(35-27)21-7-3-2-4-8-21)29(38)33-23-10-6-5-9-22(23)30-34-24-11-12-31-20-26(24)40-30/h2-12,19-20H,13-18H2,1H3,(H,33,38). The van der Waals surface area contributed by atoms with E-state index in [1.165, 1.54) is 0 Å². The van der Waals surface area contributed by atoms with Crippen molar-refractivity contribution in [3.8, 4) is 22.0 Å². The number of fused-ring (bicyclic) bond motifs is 1. The summed E-state index contributed by atoms with van der Waals surface area (Å²) in [7, 11) is 1.73. The molecule has 0 radical (unpaired) electrons. The van der Waals surface area contributed by atoms with Gasteiger partial charge in [-0.15, -0.1) is 11.3 Å². The molecule has 3 aromatic heterocycles. The van der Waals surface area contributed by atoms with Gasteiger partial charge in [-0.25, -0.2) is 15.0 Å². The molecule has 2 aromatic carbocycles. The van der Waals surface area contributed by atoms with Crippen molar-refractivity contribution in [1.29, 1.82) is 0 Å². The molecule has 0 spiro atoms. The molecule has 5 aromatic rings. The van der Waals surface area contributed by atoms with E-state index in [1.807, 2.05) is 66.9 Å². The van der Waals surface area contributed by atoms with Gasteiger partial charge in [-0.1, -0.05) is 42.5 Å². The molecule has 1 aliphatic heterocycles. The molecule has 4 heterocycles. The minimum absolute atomic E-state index is 0.296. The van der Waals surface area contributed by atoms with Gasteiger partial charge in [0.15, 0.2) is 5.82 Å². The molecule has 1 aliphatic rings. The third-order valence-corrected chi connectivity index (χ3v) is 7.92. The number of carbonyl (C=O) groups excluding carboxylic acids is 1. The van der Waals surface area contributed by atoms with Gasteiger partial charge in [-0.3, -0.25) is 14.7 Å². The molecule has 1 saturated heterocycles. The highest BCUT2D eigenvalue weighted by molar-refractivity contribution is 7.21. The molecular weight excluding hydrogens is 522 g/mol. The van der Waals surface area contributed by atoms with Crippen LogP contribution in [-0.2, 0) is 4.74 Å². The molecule has 202 valence electrons. The molecule has 1 amide bonds. The van der Waals surface area contributed by atoms with Crippen LogP contribution < -0.4 is 10.2 Å². The summed E-state index contributed by atoms with van der Waals surface area (Å²) in [5, 5.41) is 3.91. The topological polar surface area (TPSA) is 96.4 Å². The number of benzene rings is 2. The summed E-state index contributed by atoms with van der Waals surface area (Å²) in [6.07, 6.45) is 3.54. The number of nitrogens with zero attached hydrogens (tertiary/aromatic N) is 6. The minimum Gasteiger partial charge on any atom is -0.383 e. The fourth-order valence-corrected chi connectivity index (χ4v) is 5.68. The van der Waals surface area contributed by atoms with Gasteiger partial charge in [0.2, 0.25) is 0 Å². The number of amides is 1. The number of ether oxygens (including phenoxy) is 1. The lowest BCUT2D eigenvalue weighted by atomic mass is 10.1. The summed E-state index contributed by atoms with van der Waals surface area (Å²) >= 11 is 1.54. The van der Waals surface area contributed by atoms with Gasteiger partial charge >= 0.3 is 0 Å². The van der Waals surface area contributed by atoms with Crippen LogP contribution in [0.3, 0.4) is 0 Å². The second-order valence-electron chi connectivity index (χ2n) is 9.48. The van der Waals surface area contributed by atoms with Crippen LogP contribution in [0.15, 0.2) is 79.1 Å². The normalized spacial score (nSPS) is 14.0. The summed E-state index contributed by atoms with van der Waals surface area (Å²) in [5.41, 5.74) is 3.58. The Hall–Kier alpha value is -4.25. The van der Waals surface area contributed by atoms with E-state index >= 15 is 0 Å². The van der Waals surface area contributed by atoms with Gasteiger partial charge in [0.1, 0.15) is 16.5 Å². The summed E-state index contributed by atoms with van der Waals surface area (Å²) in [4.78, 5) is 36.8. The zero-order valence-electron chi connectivity index (χ0n) is 22.2. The Kier molecular flexibility index (Phi) is 7.71. The smallest absolute Gasteiger partial charge is 0.274 e. The average Bonchev–Trinajstić information content (AvgIpc) is 3.45. The predicted octanol–water partition coefficient (Wildman–Crippen LogP) is 4.84. The Bertz CT molecular complexity index is 1580. The number of hydrogen-bond donors (Lipinski definition) is 1. The van der Waals surface area contributed by atoms with Crippen molar-refractivity contribution >= 4 is 39.0 Å². The predicted molar refractivity (Wildman–Crippen MR) is 159 cm³/mol. The van der Waals surface area contributed by atoms with Crippen LogP contribution in [-0.4, -0.2) is 77.2 Å². The minimum atomic E-state index is -0.296. The van der Waals surface area contributed by atoms with E-state index in [9.17, 15) is 4.79 Å². The first-order chi connectivity index (χ1) is 19.7. The summed E-state index contributed by atoms with van der Waals surface area (Å²) in [6, 6.07) is 21.1.